The van der Waals surface area contributed by atoms with Gasteiger partial charge in [-0.1, -0.05) is 47.9 Å². The van der Waals surface area contributed by atoms with E-state index in [1.54, 1.807) is 0 Å². The number of hydrogen-bond acceptors (Lipinski definition) is 2. The lowest BCUT2D eigenvalue weighted by Gasteiger charge is -2.27. The number of rotatable bonds is 4. The fourth-order valence-electron chi connectivity index (χ4n) is 2.87. The van der Waals surface area contributed by atoms with Crippen LogP contribution in [0.2, 0.25) is 0 Å². The number of halogens is 1. The van der Waals surface area contributed by atoms with Gasteiger partial charge in [0.2, 0.25) is 0 Å². The van der Waals surface area contributed by atoms with E-state index in [-0.39, 0.29) is 0 Å². The van der Waals surface area contributed by atoms with Crippen LogP contribution >= 0.6 is 28.1 Å². The highest BCUT2D eigenvalue weighted by Crippen LogP contribution is 2.29. The third-order valence-corrected chi connectivity index (χ3v) is 4.59. The van der Waals surface area contributed by atoms with Crippen LogP contribution < -0.4 is 11.1 Å². The summed E-state index contributed by atoms with van der Waals surface area (Å²) in [5, 5.41) is 3.52. The molecule has 19 heavy (non-hydrogen) atoms. The summed E-state index contributed by atoms with van der Waals surface area (Å²) in [6, 6.07) is 6.05. The first kappa shape index (κ1) is 14.8. The molecular weight excluding hydrogens is 320 g/mol. The van der Waals surface area contributed by atoms with Crippen molar-refractivity contribution in [3.8, 4) is 0 Å². The molecule has 1 fully saturated rings. The summed E-state index contributed by atoms with van der Waals surface area (Å²) in [5.41, 5.74) is 7.76. The second kappa shape index (κ2) is 6.71. The molecule has 1 aromatic carbocycles. The minimum absolute atomic E-state index is 0.445. The summed E-state index contributed by atoms with van der Waals surface area (Å²) >= 11 is 8.57. The van der Waals surface area contributed by atoms with Crippen molar-refractivity contribution < 1.29 is 0 Å². The average Bonchev–Trinajstić information content (AvgIpc) is 2.37. The van der Waals surface area contributed by atoms with Gasteiger partial charge in [0.25, 0.3) is 0 Å². The normalized spacial score (nSPS) is 23.1. The first-order chi connectivity index (χ1) is 9.06. The topological polar surface area (TPSA) is 38.0 Å². The van der Waals surface area contributed by atoms with Crippen LogP contribution in [-0.4, -0.2) is 11.5 Å². The van der Waals surface area contributed by atoms with E-state index in [1.165, 1.54) is 25.7 Å². The van der Waals surface area contributed by atoms with Gasteiger partial charge in [0.15, 0.2) is 0 Å². The zero-order chi connectivity index (χ0) is 13.8. The Labute approximate surface area is 129 Å². The highest BCUT2D eigenvalue weighted by Gasteiger charge is 2.19. The van der Waals surface area contributed by atoms with Crippen molar-refractivity contribution in [3.63, 3.8) is 0 Å². The van der Waals surface area contributed by atoms with Crippen LogP contribution in [0.4, 0.5) is 5.69 Å². The Kier molecular flexibility index (Phi) is 5.22. The van der Waals surface area contributed by atoms with Crippen LogP contribution in [0.25, 0.3) is 0 Å². The van der Waals surface area contributed by atoms with Crippen molar-refractivity contribution in [2.24, 2.45) is 17.6 Å². The van der Waals surface area contributed by atoms with Crippen molar-refractivity contribution in [3.05, 3.63) is 28.2 Å². The van der Waals surface area contributed by atoms with Gasteiger partial charge >= 0.3 is 0 Å². The quantitative estimate of drug-likeness (QED) is 0.801. The van der Waals surface area contributed by atoms with E-state index in [2.05, 4.69) is 28.2 Å². The lowest BCUT2D eigenvalue weighted by Crippen LogP contribution is -2.22. The van der Waals surface area contributed by atoms with Gasteiger partial charge in [-0.25, -0.2) is 0 Å². The van der Waals surface area contributed by atoms with Gasteiger partial charge in [0.1, 0.15) is 4.99 Å². The molecule has 104 valence electrons. The molecule has 4 heteroatoms. The molecule has 1 aliphatic rings. The number of thiocarbonyl (C=S) groups is 1. The molecule has 2 nitrogen and oxygen atoms in total. The van der Waals surface area contributed by atoms with E-state index in [1.807, 2.05) is 18.2 Å². The van der Waals surface area contributed by atoms with Crippen LogP contribution in [0.1, 0.15) is 38.2 Å². The Morgan fingerprint density at radius 2 is 2.26 bits per heavy atom. The second-order valence-corrected chi connectivity index (χ2v) is 6.93. The van der Waals surface area contributed by atoms with Gasteiger partial charge in [0, 0.05) is 22.3 Å². The van der Waals surface area contributed by atoms with Gasteiger partial charge in [-0.15, -0.1) is 0 Å². The zero-order valence-electron chi connectivity index (χ0n) is 11.3. The van der Waals surface area contributed by atoms with Gasteiger partial charge < -0.3 is 11.1 Å². The van der Waals surface area contributed by atoms with Crippen LogP contribution in [0, 0.1) is 11.8 Å². The van der Waals surface area contributed by atoms with E-state index in [9.17, 15) is 0 Å². The highest BCUT2D eigenvalue weighted by molar-refractivity contribution is 9.10. The summed E-state index contributed by atoms with van der Waals surface area (Å²) < 4.78 is 1.01. The van der Waals surface area contributed by atoms with Crippen LogP contribution in [0.15, 0.2) is 22.7 Å². The first-order valence-corrected chi connectivity index (χ1v) is 8.09. The molecule has 1 aliphatic carbocycles. The minimum Gasteiger partial charge on any atom is -0.389 e. The molecule has 0 spiro atoms. The molecule has 0 aliphatic heterocycles. The largest absolute Gasteiger partial charge is 0.389 e. The summed E-state index contributed by atoms with van der Waals surface area (Å²) in [7, 11) is 0. The lowest BCUT2D eigenvalue weighted by molar-refractivity contribution is 0.293. The zero-order valence-corrected chi connectivity index (χ0v) is 13.7. The number of anilines is 1. The molecule has 0 heterocycles. The SMILES string of the molecule is CC1CCCC(CNc2ccc(Br)cc2C(N)=S)C1. The number of benzene rings is 1. The Bertz CT molecular complexity index is 461. The van der Waals surface area contributed by atoms with Crippen molar-refractivity contribution >= 4 is 38.8 Å². The van der Waals surface area contributed by atoms with Crippen molar-refractivity contribution in [2.45, 2.75) is 32.6 Å². The standard InChI is InChI=1S/C15H21BrN2S/c1-10-3-2-4-11(7-10)9-18-14-6-5-12(16)8-13(14)15(17)19/h5-6,8,10-11,18H,2-4,7,9H2,1H3,(H2,17,19). The molecule has 1 saturated carbocycles. The summed E-state index contributed by atoms with van der Waals surface area (Å²) in [6.07, 6.45) is 5.39. The second-order valence-electron chi connectivity index (χ2n) is 5.57. The van der Waals surface area contributed by atoms with Gasteiger partial charge in [0.05, 0.1) is 0 Å². The lowest BCUT2D eigenvalue weighted by atomic mass is 9.82. The molecule has 0 amide bonds. The van der Waals surface area contributed by atoms with Crippen molar-refractivity contribution in [1.82, 2.24) is 0 Å². The Morgan fingerprint density at radius 1 is 1.47 bits per heavy atom. The Morgan fingerprint density at radius 3 is 2.95 bits per heavy atom. The maximum Gasteiger partial charge on any atom is 0.106 e. The third-order valence-electron chi connectivity index (χ3n) is 3.87. The Hall–Kier alpha value is -0.610. The fraction of sp³-hybridized carbons (Fsp3) is 0.533. The van der Waals surface area contributed by atoms with E-state index < -0.39 is 0 Å². The number of nitrogens with one attached hydrogen (secondary N) is 1. The molecule has 0 bridgehead atoms. The summed E-state index contributed by atoms with van der Waals surface area (Å²) in [4.78, 5) is 0.445. The third kappa shape index (κ3) is 4.18. The summed E-state index contributed by atoms with van der Waals surface area (Å²) in [6.45, 7) is 3.37. The predicted octanol–water partition coefficient (Wildman–Crippen LogP) is 4.32. The van der Waals surface area contributed by atoms with Crippen molar-refractivity contribution in [1.29, 1.82) is 0 Å². The number of nitrogens with two attached hydrogens (primary N) is 1. The van der Waals surface area contributed by atoms with Crippen LogP contribution in [0.3, 0.4) is 0 Å². The fourth-order valence-corrected chi connectivity index (χ4v) is 3.40. The van der Waals surface area contributed by atoms with E-state index in [0.717, 1.165) is 34.1 Å². The van der Waals surface area contributed by atoms with E-state index in [0.29, 0.717) is 4.99 Å². The monoisotopic (exact) mass is 340 g/mol. The molecule has 0 radical (unpaired) electrons. The maximum absolute atomic E-state index is 5.78. The van der Waals surface area contributed by atoms with Crippen LogP contribution in [0.5, 0.6) is 0 Å². The van der Waals surface area contributed by atoms with Crippen LogP contribution in [-0.2, 0) is 0 Å². The Balaban J connectivity index is 2.01. The van der Waals surface area contributed by atoms with Gasteiger partial charge in [-0.3, -0.25) is 0 Å². The highest BCUT2D eigenvalue weighted by atomic mass is 79.9. The van der Waals surface area contributed by atoms with Crippen molar-refractivity contribution in [2.75, 3.05) is 11.9 Å². The molecule has 2 rings (SSSR count). The predicted molar refractivity (Wildman–Crippen MR) is 89.6 cm³/mol. The molecule has 2 unspecified atom stereocenters. The number of hydrogen-bond donors (Lipinski definition) is 2. The molecule has 3 N–H and O–H groups in total. The summed E-state index contributed by atoms with van der Waals surface area (Å²) in [5.74, 6) is 1.63. The molecule has 1 aromatic rings. The molecular formula is C15H21BrN2S. The first-order valence-electron chi connectivity index (χ1n) is 6.89. The minimum atomic E-state index is 0.445. The molecule has 0 saturated heterocycles. The van der Waals surface area contributed by atoms with Gasteiger partial charge in [-0.2, -0.15) is 0 Å². The van der Waals surface area contributed by atoms with E-state index in [4.69, 9.17) is 18.0 Å². The molecule has 2 atom stereocenters. The average molecular weight is 341 g/mol. The maximum atomic E-state index is 5.78. The smallest absolute Gasteiger partial charge is 0.106 e. The van der Waals surface area contributed by atoms with Gasteiger partial charge in [-0.05, 0) is 42.9 Å². The van der Waals surface area contributed by atoms with E-state index >= 15 is 0 Å². The molecule has 0 aromatic heterocycles.